The van der Waals surface area contributed by atoms with Gasteiger partial charge in [-0.2, -0.15) is 0 Å². The Morgan fingerprint density at radius 3 is 2.85 bits per heavy atom. The Morgan fingerprint density at radius 1 is 1.40 bits per heavy atom. The molecule has 5 nitrogen and oxygen atoms in total. The molecule has 0 aliphatic heterocycles. The lowest BCUT2D eigenvalue weighted by atomic mass is 10.1. The van der Waals surface area contributed by atoms with Crippen molar-refractivity contribution in [1.29, 1.82) is 0 Å². The highest BCUT2D eigenvalue weighted by Crippen LogP contribution is 2.15. The zero-order valence-corrected chi connectivity index (χ0v) is 11.1. The minimum atomic E-state index is -0.923. The standard InChI is InChI=1S/C13H13F2N3O2/c1-3-20-13(19)12-16-10(18(2)17-12)7-8-5-4-6-9(14)11(8)15/h4-6H,3,7H2,1-2H3. The highest BCUT2D eigenvalue weighted by molar-refractivity contribution is 5.84. The quantitative estimate of drug-likeness (QED) is 0.803. The molecule has 0 saturated heterocycles. The van der Waals surface area contributed by atoms with Gasteiger partial charge < -0.3 is 4.74 Å². The monoisotopic (exact) mass is 281 g/mol. The average Bonchev–Trinajstić information content (AvgIpc) is 2.77. The van der Waals surface area contributed by atoms with E-state index < -0.39 is 17.6 Å². The molecule has 0 saturated carbocycles. The highest BCUT2D eigenvalue weighted by Gasteiger charge is 2.17. The third-order valence-electron chi connectivity index (χ3n) is 2.69. The van der Waals surface area contributed by atoms with Gasteiger partial charge in [-0.1, -0.05) is 12.1 Å². The molecule has 0 unspecified atom stereocenters. The number of esters is 1. The van der Waals surface area contributed by atoms with E-state index in [1.807, 2.05) is 0 Å². The Balaban J connectivity index is 2.26. The lowest BCUT2D eigenvalue weighted by Crippen LogP contribution is -2.07. The molecule has 0 spiro atoms. The van der Waals surface area contributed by atoms with E-state index in [1.165, 1.54) is 16.8 Å². The first-order valence-corrected chi connectivity index (χ1v) is 6.02. The molecule has 106 valence electrons. The van der Waals surface area contributed by atoms with Crippen LogP contribution in [0, 0.1) is 11.6 Å². The first-order chi connectivity index (χ1) is 9.52. The fraction of sp³-hybridized carbons (Fsp3) is 0.308. The summed E-state index contributed by atoms with van der Waals surface area (Å²) in [6, 6.07) is 3.91. The smallest absolute Gasteiger partial charge is 0.378 e. The van der Waals surface area contributed by atoms with E-state index in [-0.39, 0.29) is 24.4 Å². The number of halogens is 2. The van der Waals surface area contributed by atoms with Gasteiger partial charge in [-0.25, -0.2) is 18.6 Å². The molecule has 0 aliphatic carbocycles. The number of aryl methyl sites for hydroxylation is 1. The number of aromatic nitrogens is 3. The summed E-state index contributed by atoms with van der Waals surface area (Å²) in [5.41, 5.74) is 0.149. The number of hydrogen-bond acceptors (Lipinski definition) is 4. The summed E-state index contributed by atoms with van der Waals surface area (Å²) >= 11 is 0. The van der Waals surface area contributed by atoms with Crippen LogP contribution in [0.2, 0.25) is 0 Å². The van der Waals surface area contributed by atoms with Gasteiger partial charge >= 0.3 is 5.97 Å². The van der Waals surface area contributed by atoms with Crippen LogP contribution in [0.4, 0.5) is 8.78 Å². The largest absolute Gasteiger partial charge is 0.460 e. The second kappa shape index (κ2) is 5.77. The highest BCUT2D eigenvalue weighted by atomic mass is 19.2. The Morgan fingerprint density at radius 2 is 2.15 bits per heavy atom. The minimum Gasteiger partial charge on any atom is -0.460 e. The first-order valence-electron chi connectivity index (χ1n) is 6.02. The van der Waals surface area contributed by atoms with Crippen LogP contribution in [0.15, 0.2) is 18.2 Å². The van der Waals surface area contributed by atoms with Crippen molar-refractivity contribution in [3.8, 4) is 0 Å². The second-order valence-electron chi connectivity index (χ2n) is 4.09. The molecule has 1 aromatic heterocycles. The van der Waals surface area contributed by atoms with E-state index in [4.69, 9.17) is 4.74 Å². The Bertz CT molecular complexity index is 641. The molecule has 0 fully saturated rings. The van der Waals surface area contributed by atoms with Crippen molar-refractivity contribution in [3.63, 3.8) is 0 Å². The van der Waals surface area contributed by atoms with Crippen molar-refractivity contribution in [2.24, 2.45) is 7.05 Å². The molecule has 20 heavy (non-hydrogen) atoms. The summed E-state index contributed by atoms with van der Waals surface area (Å²) < 4.78 is 32.8. The number of hydrogen-bond donors (Lipinski definition) is 0. The van der Waals surface area contributed by atoms with Crippen molar-refractivity contribution in [2.75, 3.05) is 6.61 Å². The number of carbonyl (C=O) groups excluding carboxylic acids is 1. The van der Waals surface area contributed by atoms with Crippen LogP contribution >= 0.6 is 0 Å². The number of benzene rings is 1. The van der Waals surface area contributed by atoms with Gasteiger partial charge in [-0.15, -0.1) is 5.10 Å². The number of rotatable bonds is 4. The lowest BCUT2D eigenvalue weighted by Gasteiger charge is -2.02. The molecular formula is C13H13F2N3O2. The zero-order chi connectivity index (χ0) is 14.7. The molecule has 1 aromatic carbocycles. The number of carbonyl (C=O) groups is 1. The van der Waals surface area contributed by atoms with Gasteiger partial charge in [0.25, 0.3) is 5.82 Å². The van der Waals surface area contributed by atoms with Crippen molar-refractivity contribution in [3.05, 3.63) is 47.0 Å². The predicted molar refractivity (Wildman–Crippen MR) is 66.1 cm³/mol. The topological polar surface area (TPSA) is 57.0 Å². The molecule has 1 heterocycles. The summed E-state index contributed by atoms with van der Waals surface area (Å²) in [4.78, 5) is 15.5. The SMILES string of the molecule is CCOC(=O)c1nc(Cc2cccc(F)c2F)n(C)n1. The minimum absolute atomic E-state index is 0.0342. The van der Waals surface area contributed by atoms with Crippen LogP contribution in [0.3, 0.4) is 0 Å². The summed E-state index contributed by atoms with van der Waals surface area (Å²) in [6.45, 7) is 1.88. The Hall–Kier alpha value is -2.31. The molecule has 0 bridgehead atoms. The molecule has 0 atom stereocenters. The Labute approximate surface area is 114 Å². The molecule has 2 aromatic rings. The maximum Gasteiger partial charge on any atom is 0.378 e. The van der Waals surface area contributed by atoms with E-state index in [0.29, 0.717) is 5.82 Å². The molecule has 0 amide bonds. The maximum atomic E-state index is 13.6. The molecule has 0 N–H and O–H groups in total. The fourth-order valence-corrected chi connectivity index (χ4v) is 1.71. The van der Waals surface area contributed by atoms with E-state index in [0.717, 1.165) is 6.07 Å². The van der Waals surface area contributed by atoms with Crippen molar-refractivity contribution < 1.29 is 18.3 Å². The van der Waals surface area contributed by atoms with Crippen LogP contribution in [0.25, 0.3) is 0 Å². The van der Waals surface area contributed by atoms with Gasteiger partial charge in [0.2, 0.25) is 0 Å². The van der Waals surface area contributed by atoms with Crippen LogP contribution in [0.5, 0.6) is 0 Å². The maximum absolute atomic E-state index is 13.6. The summed E-state index contributed by atoms with van der Waals surface area (Å²) in [5.74, 6) is -2.24. The van der Waals surface area contributed by atoms with Crippen molar-refractivity contribution in [1.82, 2.24) is 14.8 Å². The first kappa shape index (κ1) is 14.1. The number of nitrogens with zero attached hydrogens (tertiary/aromatic N) is 3. The van der Waals surface area contributed by atoms with Gasteiger partial charge in [0.15, 0.2) is 11.6 Å². The number of ether oxygens (including phenoxy) is 1. The molecular weight excluding hydrogens is 268 g/mol. The predicted octanol–water partition coefficient (Wildman–Crippen LogP) is 1.86. The van der Waals surface area contributed by atoms with Gasteiger partial charge in [0.05, 0.1) is 6.61 Å². The summed E-state index contributed by atoms with van der Waals surface area (Å²) in [5, 5.41) is 3.89. The third-order valence-corrected chi connectivity index (χ3v) is 2.69. The molecule has 2 rings (SSSR count). The van der Waals surface area contributed by atoms with Crippen LogP contribution < -0.4 is 0 Å². The molecule has 0 radical (unpaired) electrons. The summed E-state index contributed by atoms with van der Waals surface area (Å²) in [7, 11) is 1.57. The molecule has 7 heteroatoms. The fourth-order valence-electron chi connectivity index (χ4n) is 1.71. The second-order valence-corrected chi connectivity index (χ2v) is 4.09. The van der Waals surface area contributed by atoms with Gasteiger partial charge in [-0.3, -0.25) is 4.68 Å². The molecule has 0 aliphatic rings. The van der Waals surface area contributed by atoms with Crippen molar-refractivity contribution >= 4 is 5.97 Å². The van der Waals surface area contributed by atoms with Crippen LogP contribution in [-0.4, -0.2) is 27.3 Å². The van der Waals surface area contributed by atoms with Crippen LogP contribution in [-0.2, 0) is 18.2 Å². The van der Waals surface area contributed by atoms with E-state index >= 15 is 0 Å². The third kappa shape index (κ3) is 2.81. The van der Waals surface area contributed by atoms with Gasteiger partial charge in [-0.05, 0) is 18.6 Å². The zero-order valence-electron chi connectivity index (χ0n) is 11.1. The van der Waals surface area contributed by atoms with Crippen molar-refractivity contribution in [2.45, 2.75) is 13.3 Å². The van der Waals surface area contributed by atoms with Gasteiger partial charge in [0, 0.05) is 13.5 Å². The average molecular weight is 281 g/mol. The lowest BCUT2D eigenvalue weighted by molar-refractivity contribution is 0.0512. The van der Waals surface area contributed by atoms with Gasteiger partial charge in [0.1, 0.15) is 5.82 Å². The Kier molecular flexibility index (Phi) is 4.07. The normalized spacial score (nSPS) is 10.6. The van der Waals surface area contributed by atoms with E-state index in [9.17, 15) is 13.6 Å². The summed E-state index contributed by atoms with van der Waals surface area (Å²) in [6.07, 6.45) is 0.0342. The van der Waals surface area contributed by atoms with E-state index in [2.05, 4.69) is 10.1 Å². The van der Waals surface area contributed by atoms with E-state index in [1.54, 1.807) is 14.0 Å². The van der Waals surface area contributed by atoms with Crippen LogP contribution in [0.1, 0.15) is 28.9 Å².